The minimum Gasteiger partial charge on any atom is -0.333 e. The summed E-state index contributed by atoms with van der Waals surface area (Å²) in [5, 5.41) is 0. The summed E-state index contributed by atoms with van der Waals surface area (Å²) in [7, 11) is 0. The van der Waals surface area contributed by atoms with Crippen LogP contribution in [0.1, 0.15) is 36.0 Å². The van der Waals surface area contributed by atoms with Crippen molar-refractivity contribution in [2.75, 3.05) is 0 Å². The van der Waals surface area contributed by atoms with E-state index in [4.69, 9.17) is 5.73 Å². The molecule has 4 nitrogen and oxygen atoms in total. The van der Waals surface area contributed by atoms with Crippen LogP contribution < -0.4 is 5.73 Å². The maximum Gasteiger partial charge on any atom is 0.254 e. The van der Waals surface area contributed by atoms with Crippen LogP contribution >= 0.6 is 0 Å². The molecule has 4 heteroatoms. The van der Waals surface area contributed by atoms with E-state index in [1.54, 1.807) is 24.5 Å². The number of amides is 1. The van der Waals surface area contributed by atoms with Gasteiger partial charge < -0.3 is 10.6 Å². The lowest BCUT2D eigenvalue weighted by Crippen LogP contribution is -2.50. The van der Waals surface area contributed by atoms with Crippen LogP contribution in [0.5, 0.6) is 0 Å². The highest BCUT2D eigenvalue weighted by Gasteiger charge is 2.42. The highest BCUT2D eigenvalue weighted by atomic mass is 16.2. The van der Waals surface area contributed by atoms with Gasteiger partial charge in [0.25, 0.3) is 5.91 Å². The molecular weight excluding hydrogens is 214 g/mol. The van der Waals surface area contributed by atoms with E-state index in [0.29, 0.717) is 12.1 Å². The maximum absolute atomic E-state index is 12.4. The number of pyridine rings is 1. The zero-order valence-electron chi connectivity index (χ0n) is 9.75. The molecule has 2 atom stereocenters. The van der Waals surface area contributed by atoms with E-state index >= 15 is 0 Å². The van der Waals surface area contributed by atoms with Crippen LogP contribution in [-0.2, 0) is 0 Å². The van der Waals surface area contributed by atoms with Crippen molar-refractivity contribution >= 4 is 5.91 Å². The van der Waals surface area contributed by atoms with Gasteiger partial charge in [0, 0.05) is 36.1 Å². The van der Waals surface area contributed by atoms with Gasteiger partial charge in [-0.15, -0.1) is 0 Å². The van der Waals surface area contributed by atoms with Crippen molar-refractivity contribution in [3.63, 3.8) is 0 Å². The lowest BCUT2D eigenvalue weighted by atomic mass is 9.97. The van der Waals surface area contributed by atoms with Crippen LogP contribution in [-0.4, -0.2) is 33.9 Å². The number of piperidine rings is 1. The summed E-state index contributed by atoms with van der Waals surface area (Å²) in [5.74, 6) is 0.145. The van der Waals surface area contributed by atoms with E-state index in [9.17, 15) is 4.79 Å². The van der Waals surface area contributed by atoms with Gasteiger partial charge in [-0.3, -0.25) is 9.78 Å². The third-order valence-corrected chi connectivity index (χ3v) is 3.93. The molecule has 2 unspecified atom stereocenters. The average Bonchev–Trinajstić information content (AvgIpc) is 2.62. The van der Waals surface area contributed by atoms with E-state index in [0.717, 1.165) is 31.2 Å². The number of hydrogen-bond donors (Lipinski definition) is 1. The summed E-state index contributed by atoms with van der Waals surface area (Å²) in [6.45, 7) is 0. The first kappa shape index (κ1) is 10.7. The zero-order chi connectivity index (χ0) is 11.8. The number of nitrogens with zero attached hydrogens (tertiary/aromatic N) is 2. The Kier molecular flexibility index (Phi) is 2.59. The third-order valence-electron chi connectivity index (χ3n) is 3.93. The maximum atomic E-state index is 12.4. The molecule has 0 aliphatic carbocycles. The average molecular weight is 231 g/mol. The summed E-state index contributed by atoms with van der Waals surface area (Å²) in [5.41, 5.74) is 6.75. The van der Waals surface area contributed by atoms with Gasteiger partial charge in [-0.05, 0) is 37.8 Å². The minimum absolute atomic E-state index is 0.145. The Balaban J connectivity index is 1.84. The van der Waals surface area contributed by atoms with Crippen LogP contribution in [0.15, 0.2) is 24.5 Å². The summed E-state index contributed by atoms with van der Waals surface area (Å²) in [6, 6.07) is 4.55. The number of rotatable bonds is 1. The van der Waals surface area contributed by atoms with Gasteiger partial charge in [0.15, 0.2) is 0 Å². The fourth-order valence-electron chi connectivity index (χ4n) is 3.19. The van der Waals surface area contributed by atoms with Crippen molar-refractivity contribution in [1.29, 1.82) is 0 Å². The molecule has 1 aromatic rings. The Bertz CT molecular complexity index is 406. The van der Waals surface area contributed by atoms with E-state index in [-0.39, 0.29) is 11.9 Å². The summed E-state index contributed by atoms with van der Waals surface area (Å²) >= 11 is 0. The Hall–Kier alpha value is -1.42. The molecular formula is C13H17N3O. The van der Waals surface area contributed by atoms with Crippen molar-refractivity contribution in [2.45, 2.75) is 43.8 Å². The number of aromatic nitrogens is 1. The third kappa shape index (κ3) is 1.82. The van der Waals surface area contributed by atoms with Crippen LogP contribution in [0, 0.1) is 0 Å². The molecule has 3 heterocycles. The monoisotopic (exact) mass is 231 g/mol. The molecule has 0 aromatic carbocycles. The minimum atomic E-state index is 0.145. The molecule has 3 rings (SSSR count). The fourth-order valence-corrected chi connectivity index (χ4v) is 3.19. The molecule has 2 aliphatic rings. The van der Waals surface area contributed by atoms with E-state index in [2.05, 4.69) is 9.88 Å². The quantitative estimate of drug-likeness (QED) is 0.789. The summed E-state index contributed by atoms with van der Waals surface area (Å²) in [4.78, 5) is 18.4. The van der Waals surface area contributed by atoms with Gasteiger partial charge in [-0.25, -0.2) is 0 Å². The first-order chi connectivity index (χ1) is 8.25. The lowest BCUT2D eigenvalue weighted by Gasteiger charge is -2.37. The first-order valence-corrected chi connectivity index (χ1v) is 6.24. The Labute approximate surface area is 101 Å². The van der Waals surface area contributed by atoms with Crippen molar-refractivity contribution in [1.82, 2.24) is 9.88 Å². The second-order valence-electron chi connectivity index (χ2n) is 5.06. The molecule has 2 aliphatic heterocycles. The molecule has 0 saturated carbocycles. The Morgan fingerprint density at radius 3 is 2.41 bits per heavy atom. The predicted octanol–water partition coefficient (Wildman–Crippen LogP) is 1.18. The number of carbonyl (C=O) groups is 1. The van der Waals surface area contributed by atoms with Gasteiger partial charge in [0.2, 0.25) is 0 Å². The van der Waals surface area contributed by atoms with Crippen molar-refractivity contribution in [3.05, 3.63) is 30.1 Å². The molecule has 2 fully saturated rings. The standard InChI is InChI=1S/C13H17N3O/c14-10-7-11-1-2-12(8-10)16(11)13(17)9-3-5-15-6-4-9/h3-6,10-12H,1-2,7-8,14H2. The van der Waals surface area contributed by atoms with Crippen LogP contribution in [0.2, 0.25) is 0 Å². The topological polar surface area (TPSA) is 59.2 Å². The second-order valence-corrected chi connectivity index (χ2v) is 5.06. The molecule has 1 aromatic heterocycles. The largest absolute Gasteiger partial charge is 0.333 e. The predicted molar refractivity (Wildman–Crippen MR) is 64.4 cm³/mol. The summed E-state index contributed by atoms with van der Waals surface area (Å²) < 4.78 is 0. The molecule has 0 spiro atoms. The number of nitrogens with two attached hydrogens (primary N) is 1. The fraction of sp³-hybridized carbons (Fsp3) is 0.538. The van der Waals surface area contributed by atoms with Gasteiger partial charge in [-0.1, -0.05) is 0 Å². The summed E-state index contributed by atoms with van der Waals surface area (Å²) in [6.07, 6.45) is 7.46. The highest BCUT2D eigenvalue weighted by molar-refractivity contribution is 5.94. The number of fused-ring (bicyclic) bond motifs is 2. The first-order valence-electron chi connectivity index (χ1n) is 6.24. The van der Waals surface area contributed by atoms with Gasteiger partial charge in [0.1, 0.15) is 0 Å². The molecule has 2 N–H and O–H groups in total. The van der Waals surface area contributed by atoms with Gasteiger partial charge in [0.05, 0.1) is 0 Å². The van der Waals surface area contributed by atoms with Crippen molar-refractivity contribution < 1.29 is 4.79 Å². The van der Waals surface area contributed by atoms with E-state index in [1.807, 2.05) is 0 Å². The van der Waals surface area contributed by atoms with E-state index < -0.39 is 0 Å². The number of hydrogen-bond acceptors (Lipinski definition) is 3. The molecule has 0 radical (unpaired) electrons. The van der Waals surface area contributed by atoms with Crippen LogP contribution in [0.25, 0.3) is 0 Å². The zero-order valence-corrected chi connectivity index (χ0v) is 9.75. The Morgan fingerprint density at radius 2 is 1.82 bits per heavy atom. The molecule has 1 amide bonds. The van der Waals surface area contributed by atoms with Crippen LogP contribution in [0.3, 0.4) is 0 Å². The number of carbonyl (C=O) groups excluding carboxylic acids is 1. The Morgan fingerprint density at radius 1 is 1.24 bits per heavy atom. The van der Waals surface area contributed by atoms with E-state index in [1.165, 1.54) is 0 Å². The SMILES string of the molecule is NC1CC2CCC(C1)N2C(=O)c1ccncc1. The molecule has 2 saturated heterocycles. The molecule has 17 heavy (non-hydrogen) atoms. The van der Waals surface area contributed by atoms with Gasteiger partial charge >= 0.3 is 0 Å². The van der Waals surface area contributed by atoms with Crippen molar-refractivity contribution in [2.24, 2.45) is 5.73 Å². The lowest BCUT2D eigenvalue weighted by molar-refractivity contribution is 0.0575. The van der Waals surface area contributed by atoms with Gasteiger partial charge in [-0.2, -0.15) is 0 Å². The highest BCUT2D eigenvalue weighted by Crippen LogP contribution is 2.35. The second kappa shape index (κ2) is 4.11. The normalized spacial score (nSPS) is 31.6. The van der Waals surface area contributed by atoms with Crippen molar-refractivity contribution in [3.8, 4) is 0 Å². The van der Waals surface area contributed by atoms with Crippen LogP contribution in [0.4, 0.5) is 0 Å². The smallest absolute Gasteiger partial charge is 0.254 e. The molecule has 2 bridgehead atoms. The molecule has 90 valence electrons.